The molecular weight excluding hydrogens is 316 g/mol. The van der Waals surface area contributed by atoms with Gasteiger partial charge in [0.15, 0.2) is 5.82 Å². The molecule has 0 radical (unpaired) electrons. The monoisotopic (exact) mass is 336 g/mol. The van der Waals surface area contributed by atoms with Gasteiger partial charge in [0, 0.05) is 18.0 Å². The second-order valence-electron chi connectivity index (χ2n) is 5.97. The molecule has 2 aromatic rings. The molecule has 1 heterocycles. The number of nitrogens with zero attached hydrogens (tertiary/aromatic N) is 2. The van der Waals surface area contributed by atoms with Gasteiger partial charge in [-0.3, -0.25) is 4.79 Å². The number of carbonyl (C=O) groups excluding carboxylic acids is 1. The Morgan fingerprint density at radius 3 is 2.70 bits per heavy atom. The molecule has 0 spiro atoms. The molecule has 1 atom stereocenters. The van der Waals surface area contributed by atoms with Crippen LogP contribution in [0.4, 0.5) is 0 Å². The summed E-state index contributed by atoms with van der Waals surface area (Å²) in [6, 6.07) is 9.01. The van der Waals surface area contributed by atoms with Crippen LogP contribution < -0.4 is 11.1 Å². The van der Waals surface area contributed by atoms with Gasteiger partial charge in [0.05, 0.1) is 5.54 Å². The van der Waals surface area contributed by atoms with E-state index in [2.05, 4.69) is 15.5 Å². The van der Waals surface area contributed by atoms with Gasteiger partial charge in [0.2, 0.25) is 5.89 Å². The lowest BCUT2D eigenvalue weighted by Gasteiger charge is -2.34. The van der Waals surface area contributed by atoms with Crippen LogP contribution in [0, 0.1) is 0 Å². The Morgan fingerprint density at radius 2 is 2.09 bits per heavy atom. The fraction of sp³-hybridized carbons (Fsp3) is 0.438. The number of amides is 1. The van der Waals surface area contributed by atoms with Crippen LogP contribution in [0.5, 0.6) is 0 Å². The summed E-state index contributed by atoms with van der Waals surface area (Å²) in [5.74, 6) is 0.977. The van der Waals surface area contributed by atoms with E-state index in [1.54, 1.807) is 12.1 Å². The van der Waals surface area contributed by atoms with Crippen molar-refractivity contribution in [1.29, 1.82) is 0 Å². The Bertz CT molecular complexity index is 655. The van der Waals surface area contributed by atoms with Gasteiger partial charge >= 0.3 is 0 Å². The predicted octanol–water partition coefficient (Wildman–Crippen LogP) is 2.19. The van der Waals surface area contributed by atoms with Crippen LogP contribution in [0.1, 0.15) is 48.3 Å². The first kappa shape index (κ1) is 17.4. The summed E-state index contributed by atoms with van der Waals surface area (Å²) in [6.07, 6.45) is 3.38. The summed E-state index contributed by atoms with van der Waals surface area (Å²) in [6.45, 7) is 1.91. The lowest BCUT2D eigenvalue weighted by molar-refractivity contribution is 0.0938. The summed E-state index contributed by atoms with van der Waals surface area (Å²) in [5.41, 5.74) is 6.39. The van der Waals surface area contributed by atoms with E-state index in [0.29, 0.717) is 23.7 Å². The molecule has 1 aromatic heterocycles. The van der Waals surface area contributed by atoms with Crippen LogP contribution in [0.2, 0.25) is 0 Å². The van der Waals surface area contributed by atoms with Crippen molar-refractivity contribution in [1.82, 2.24) is 15.5 Å². The van der Waals surface area contributed by atoms with Gasteiger partial charge in [-0.1, -0.05) is 23.4 Å². The summed E-state index contributed by atoms with van der Waals surface area (Å²) < 4.78 is 5.25. The standard InChI is InChI=1S/C16H20N4O2.ClH/c1-11(18-14(21)12-6-3-2-4-7-12)10-13-19-15(20-22-13)16(17)8-5-9-16;/h2-4,6-7,11H,5,8-10,17H2,1H3,(H,18,21);1H. The molecule has 6 nitrogen and oxygen atoms in total. The van der Waals surface area contributed by atoms with Gasteiger partial charge in [0.25, 0.3) is 5.91 Å². The second-order valence-corrected chi connectivity index (χ2v) is 5.97. The highest BCUT2D eigenvalue weighted by Crippen LogP contribution is 2.36. The number of nitrogens with two attached hydrogens (primary N) is 1. The molecule has 1 saturated carbocycles. The number of nitrogens with one attached hydrogen (secondary N) is 1. The van der Waals surface area contributed by atoms with Crippen LogP contribution in [0.3, 0.4) is 0 Å². The molecule has 1 aromatic carbocycles. The quantitative estimate of drug-likeness (QED) is 0.872. The average Bonchev–Trinajstić information content (AvgIpc) is 2.94. The molecule has 7 heteroatoms. The van der Waals surface area contributed by atoms with Gasteiger partial charge in [-0.15, -0.1) is 12.4 Å². The first-order valence-electron chi connectivity index (χ1n) is 7.55. The maximum atomic E-state index is 12.1. The number of hydrogen-bond acceptors (Lipinski definition) is 5. The summed E-state index contributed by atoms with van der Waals surface area (Å²) in [7, 11) is 0. The van der Waals surface area contributed by atoms with Crippen molar-refractivity contribution in [2.24, 2.45) is 5.73 Å². The zero-order chi connectivity index (χ0) is 15.6. The highest BCUT2D eigenvalue weighted by Gasteiger charge is 2.39. The molecule has 124 valence electrons. The number of benzene rings is 1. The molecule has 0 saturated heterocycles. The molecule has 0 bridgehead atoms. The Kier molecular flexibility index (Phi) is 5.38. The van der Waals surface area contributed by atoms with Crippen molar-refractivity contribution in [3.8, 4) is 0 Å². The van der Waals surface area contributed by atoms with E-state index in [1.165, 1.54) is 0 Å². The molecule has 0 aliphatic heterocycles. The first-order valence-corrected chi connectivity index (χ1v) is 7.55. The lowest BCUT2D eigenvalue weighted by Crippen LogP contribution is -2.44. The van der Waals surface area contributed by atoms with Gasteiger partial charge in [-0.2, -0.15) is 4.98 Å². The number of hydrogen-bond donors (Lipinski definition) is 2. The Labute approximate surface area is 141 Å². The summed E-state index contributed by atoms with van der Waals surface area (Å²) >= 11 is 0. The number of rotatable bonds is 5. The minimum absolute atomic E-state index is 0. The van der Waals surface area contributed by atoms with Crippen molar-refractivity contribution in [2.75, 3.05) is 0 Å². The van der Waals surface area contributed by atoms with E-state index in [9.17, 15) is 4.79 Å². The summed E-state index contributed by atoms with van der Waals surface area (Å²) in [4.78, 5) is 16.4. The van der Waals surface area contributed by atoms with Crippen molar-refractivity contribution in [2.45, 2.75) is 44.2 Å². The minimum atomic E-state index is -0.418. The number of halogens is 1. The topological polar surface area (TPSA) is 94.0 Å². The Morgan fingerprint density at radius 1 is 1.39 bits per heavy atom. The molecule has 1 aliphatic carbocycles. The second kappa shape index (κ2) is 7.10. The predicted molar refractivity (Wildman–Crippen MR) is 88.3 cm³/mol. The van der Waals surface area contributed by atoms with Gasteiger partial charge in [0.1, 0.15) is 0 Å². The van der Waals surface area contributed by atoms with E-state index >= 15 is 0 Å². The minimum Gasteiger partial charge on any atom is -0.349 e. The van der Waals surface area contributed by atoms with Crippen LogP contribution in [-0.4, -0.2) is 22.1 Å². The molecular formula is C16H21ClN4O2. The molecule has 1 unspecified atom stereocenters. The van der Waals surface area contributed by atoms with Crippen LogP contribution >= 0.6 is 12.4 Å². The van der Waals surface area contributed by atoms with Crippen molar-refractivity contribution in [3.05, 3.63) is 47.6 Å². The lowest BCUT2D eigenvalue weighted by atomic mass is 9.77. The van der Waals surface area contributed by atoms with Crippen LogP contribution in [0.25, 0.3) is 0 Å². The fourth-order valence-corrected chi connectivity index (χ4v) is 2.53. The van der Waals surface area contributed by atoms with E-state index in [1.807, 2.05) is 25.1 Å². The number of aromatic nitrogens is 2. The van der Waals surface area contributed by atoms with E-state index < -0.39 is 5.54 Å². The van der Waals surface area contributed by atoms with Crippen molar-refractivity contribution in [3.63, 3.8) is 0 Å². The molecule has 3 rings (SSSR count). The maximum absolute atomic E-state index is 12.1. The fourth-order valence-electron chi connectivity index (χ4n) is 2.53. The largest absolute Gasteiger partial charge is 0.349 e. The third-order valence-corrected chi connectivity index (χ3v) is 4.05. The van der Waals surface area contributed by atoms with E-state index in [0.717, 1.165) is 19.3 Å². The van der Waals surface area contributed by atoms with E-state index in [4.69, 9.17) is 10.3 Å². The third kappa shape index (κ3) is 3.89. The molecule has 23 heavy (non-hydrogen) atoms. The number of carbonyl (C=O) groups is 1. The Balaban J connectivity index is 0.00000192. The first-order chi connectivity index (χ1) is 10.6. The molecule has 1 amide bonds. The van der Waals surface area contributed by atoms with Gasteiger partial charge < -0.3 is 15.6 Å². The highest BCUT2D eigenvalue weighted by atomic mass is 35.5. The Hall–Kier alpha value is -1.92. The molecule has 3 N–H and O–H groups in total. The van der Waals surface area contributed by atoms with Crippen molar-refractivity contribution >= 4 is 18.3 Å². The average molecular weight is 337 g/mol. The van der Waals surface area contributed by atoms with E-state index in [-0.39, 0.29) is 24.4 Å². The summed E-state index contributed by atoms with van der Waals surface area (Å²) in [5, 5.41) is 6.90. The van der Waals surface area contributed by atoms with Crippen LogP contribution in [-0.2, 0) is 12.0 Å². The highest BCUT2D eigenvalue weighted by molar-refractivity contribution is 5.94. The zero-order valence-electron chi connectivity index (χ0n) is 13.0. The molecule has 1 fully saturated rings. The maximum Gasteiger partial charge on any atom is 0.251 e. The third-order valence-electron chi connectivity index (χ3n) is 4.05. The van der Waals surface area contributed by atoms with Crippen molar-refractivity contribution < 1.29 is 9.32 Å². The zero-order valence-corrected chi connectivity index (χ0v) is 13.8. The van der Waals surface area contributed by atoms with Crippen LogP contribution in [0.15, 0.2) is 34.9 Å². The molecule has 1 aliphatic rings. The van der Waals surface area contributed by atoms with Gasteiger partial charge in [-0.05, 0) is 38.3 Å². The normalized spacial score (nSPS) is 16.8. The smallest absolute Gasteiger partial charge is 0.251 e. The van der Waals surface area contributed by atoms with Gasteiger partial charge in [-0.25, -0.2) is 0 Å². The SMILES string of the molecule is CC(Cc1nc(C2(N)CCC2)no1)NC(=O)c1ccccc1.Cl.